The van der Waals surface area contributed by atoms with Gasteiger partial charge in [0.05, 0.1) is 13.2 Å². The van der Waals surface area contributed by atoms with Gasteiger partial charge in [0, 0.05) is 5.41 Å². The Kier molecular flexibility index (Phi) is 3.16. The second-order valence-electron chi connectivity index (χ2n) is 5.06. The third kappa shape index (κ3) is 1.88. The highest BCUT2D eigenvalue weighted by molar-refractivity contribution is 7.80. The SMILES string of the molecule is Cc1cc2c(cc1C1(CCS)COC1)OCCO2. The zero-order chi connectivity index (χ0) is 12.6. The lowest BCUT2D eigenvalue weighted by molar-refractivity contribution is -0.0618. The Morgan fingerprint density at radius 3 is 2.39 bits per heavy atom. The van der Waals surface area contributed by atoms with Crippen molar-refractivity contribution in [1.29, 1.82) is 0 Å². The van der Waals surface area contributed by atoms with Gasteiger partial charge in [0.2, 0.25) is 0 Å². The second-order valence-corrected chi connectivity index (χ2v) is 5.50. The number of aryl methyl sites for hydroxylation is 1. The van der Waals surface area contributed by atoms with Gasteiger partial charge in [0.25, 0.3) is 0 Å². The maximum atomic E-state index is 5.68. The molecule has 0 N–H and O–H groups in total. The average molecular weight is 266 g/mol. The predicted octanol–water partition coefficient (Wildman–Crippen LogP) is 2.35. The van der Waals surface area contributed by atoms with E-state index in [-0.39, 0.29) is 5.41 Å². The van der Waals surface area contributed by atoms with E-state index in [2.05, 4.69) is 31.7 Å². The molecule has 0 amide bonds. The third-order valence-corrected chi connectivity index (χ3v) is 4.03. The van der Waals surface area contributed by atoms with Crippen LogP contribution in [0, 0.1) is 6.92 Å². The fourth-order valence-corrected chi connectivity index (χ4v) is 3.19. The van der Waals surface area contributed by atoms with Gasteiger partial charge < -0.3 is 14.2 Å². The standard InChI is InChI=1S/C14H18O3S/c1-10-6-12-13(17-4-3-16-12)7-11(10)14(2-5-18)8-15-9-14/h6-7,18H,2-5,8-9H2,1H3. The van der Waals surface area contributed by atoms with Gasteiger partial charge in [-0.15, -0.1) is 0 Å². The molecule has 4 heteroatoms. The van der Waals surface area contributed by atoms with Crippen LogP contribution in [-0.2, 0) is 10.2 Å². The Labute approximate surface area is 113 Å². The van der Waals surface area contributed by atoms with E-state index in [0.717, 1.165) is 36.9 Å². The van der Waals surface area contributed by atoms with E-state index in [1.165, 1.54) is 11.1 Å². The molecule has 0 saturated carbocycles. The minimum Gasteiger partial charge on any atom is -0.486 e. The van der Waals surface area contributed by atoms with E-state index in [4.69, 9.17) is 14.2 Å². The second kappa shape index (κ2) is 4.67. The Morgan fingerprint density at radius 2 is 1.83 bits per heavy atom. The molecule has 98 valence electrons. The summed E-state index contributed by atoms with van der Waals surface area (Å²) in [5.41, 5.74) is 2.71. The monoisotopic (exact) mass is 266 g/mol. The number of ether oxygens (including phenoxy) is 3. The summed E-state index contributed by atoms with van der Waals surface area (Å²) in [5, 5.41) is 0. The summed E-state index contributed by atoms with van der Waals surface area (Å²) >= 11 is 4.37. The maximum Gasteiger partial charge on any atom is 0.161 e. The van der Waals surface area contributed by atoms with Crippen molar-refractivity contribution in [1.82, 2.24) is 0 Å². The molecule has 0 aliphatic carbocycles. The Morgan fingerprint density at radius 1 is 1.17 bits per heavy atom. The van der Waals surface area contributed by atoms with Crippen LogP contribution in [0.2, 0.25) is 0 Å². The van der Waals surface area contributed by atoms with Gasteiger partial charge in [-0.2, -0.15) is 12.6 Å². The quantitative estimate of drug-likeness (QED) is 0.851. The third-order valence-electron chi connectivity index (χ3n) is 3.81. The van der Waals surface area contributed by atoms with Crippen molar-refractivity contribution in [2.24, 2.45) is 0 Å². The molecular weight excluding hydrogens is 248 g/mol. The molecule has 18 heavy (non-hydrogen) atoms. The molecular formula is C14H18O3S. The molecule has 2 aliphatic rings. The molecule has 0 atom stereocenters. The van der Waals surface area contributed by atoms with Crippen molar-refractivity contribution in [3.63, 3.8) is 0 Å². The summed E-state index contributed by atoms with van der Waals surface area (Å²) in [4.78, 5) is 0. The molecule has 1 fully saturated rings. The maximum absolute atomic E-state index is 5.68. The topological polar surface area (TPSA) is 27.7 Å². The van der Waals surface area contributed by atoms with Gasteiger partial charge in [-0.1, -0.05) is 0 Å². The van der Waals surface area contributed by atoms with Crippen molar-refractivity contribution < 1.29 is 14.2 Å². The first-order chi connectivity index (χ1) is 8.75. The zero-order valence-corrected chi connectivity index (χ0v) is 11.5. The Hall–Kier alpha value is -0.870. The van der Waals surface area contributed by atoms with Gasteiger partial charge in [-0.3, -0.25) is 0 Å². The lowest BCUT2D eigenvalue weighted by Gasteiger charge is -2.43. The number of hydrogen-bond acceptors (Lipinski definition) is 4. The van der Waals surface area contributed by atoms with Crippen LogP contribution in [0.5, 0.6) is 11.5 Å². The minimum atomic E-state index is 0.127. The molecule has 3 rings (SSSR count). The fraction of sp³-hybridized carbons (Fsp3) is 0.571. The molecule has 0 radical (unpaired) electrons. The van der Waals surface area contributed by atoms with Crippen molar-refractivity contribution >= 4 is 12.6 Å². The highest BCUT2D eigenvalue weighted by Crippen LogP contribution is 2.42. The van der Waals surface area contributed by atoms with Crippen LogP contribution in [0.15, 0.2) is 12.1 Å². The van der Waals surface area contributed by atoms with Crippen LogP contribution in [0.4, 0.5) is 0 Å². The van der Waals surface area contributed by atoms with Crippen molar-refractivity contribution in [2.75, 3.05) is 32.2 Å². The molecule has 2 aliphatic heterocycles. The first-order valence-corrected chi connectivity index (χ1v) is 6.98. The normalized spacial score (nSPS) is 20.3. The lowest BCUT2D eigenvalue weighted by atomic mass is 9.74. The predicted molar refractivity (Wildman–Crippen MR) is 73.1 cm³/mol. The number of rotatable bonds is 3. The van der Waals surface area contributed by atoms with Crippen LogP contribution >= 0.6 is 12.6 Å². The number of benzene rings is 1. The summed E-state index contributed by atoms with van der Waals surface area (Å²) in [5.74, 6) is 2.60. The van der Waals surface area contributed by atoms with Crippen molar-refractivity contribution in [2.45, 2.75) is 18.8 Å². The van der Waals surface area contributed by atoms with Crippen LogP contribution in [-0.4, -0.2) is 32.2 Å². The van der Waals surface area contributed by atoms with E-state index < -0.39 is 0 Å². The van der Waals surface area contributed by atoms with Crippen LogP contribution in [0.3, 0.4) is 0 Å². The van der Waals surface area contributed by atoms with Crippen molar-refractivity contribution in [3.8, 4) is 11.5 Å². The van der Waals surface area contributed by atoms with E-state index in [1.807, 2.05) is 0 Å². The highest BCUT2D eigenvalue weighted by atomic mass is 32.1. The smallest absolute Gasteiger partial charge is 0.161 e. The largest absolute Gasteiger partial charge is 0.486 e. The van der Waals surface area contributed by atoms with Gasteiger partial charge >= 0.3 is 0 Å². The molecule has 3 nitrogen and oxygen atoms in total. The van der Waals surface area contributed by atoms with Crippen LogP contribution in [0.1, 0.15) is 17.5 Å². The summed E-state index contributed by atoms with van der Waals surface area (Å²) in [6, 6.07) is 4.22. The summed E-state index contributed by atoms with van der Waals surface area (Å²) in [7, 11) is 0. The molecule has 2 heterocycles. The molecule has 1 aromatic rings. The summed E-state index contributed by atoms with van der Waals surface area (Å²) in [6.45, 7) is 4.97. The number of hydrogen-bond donors (Lipinski definition) is 1. The van der Waals surface area contributed by atoms with E-state index in [1.54, 1.807) is 0 Å². The van der Waals surface area contributed by atoms with Gasteiger partial charge in [-0.05, 0) is 42.4 Å². The zero-order valence-electron chi connectivity index (χ0n) is 10.6. The molecule has 0 aromatic heterocycles. The first-order valence-electron chi connectivity index (χ1n) is 6.34. The summed E-state index contributed by atoms with van der Waals surface area (Å²) < 4.78 is 16.7. The number of thiol groups is 1. The van der Waals surface area contributed by atoms with E-state index in [9.17, 15) is 0 Å². The molecule has 0 unspecified atom stereocenters. The fourth-order valence-electron chi connectivity index (χ4n) is 2.76. The minimum absolute atomic E-state index is 0.127. The Balaban J connectivity index is 2.00. The number of fused-ring (bicyclic) bond motifs is 1. The molecule has 1 saturated heterocycles. The average Bonchev–Trinajstić information content (AvgIpc) is 2.33. The molecule has 0 spiro atoms. The lowest BCUT2D eigenvalue weighted by Crippen LogP contribution is -2.47. The van der Waals surface area contributed by atoms with Gasteiger partial charge in [-0.25, -0.2) is 0 Å². The van der Waals surface area contributed by atoms with Gasteiger partial charge in [0.1, 0.15) is 13.2 Å². The molecule has 0 bridgehead atoms. The van der Waals surface area contributed by atoms with E-state index in [0.29, 0.717) is 13.2 Å². The van der Waals surface area contributed by atoms with Crippen LogP contribution < -0.4 is 9.47 Å². The van der Waals surface area contributed by atoms with Crippen molar-refractivity contribution in [3.05, 3.63) is 23.3 Å². The summed E-state index contributed by atoms with van der Waals surface area (Å²) in [6.07, 6.45) is 1.04. The van der Waals surface area contributed by atoms with Crippen LogP contribution in [0.25, 0.3) is 0 Å². The Bertz CT molecular complexity index is 455. The van der Waals surface area contributed by atoms with E-state index >= 15 is 0 Å². The highest BCUT2D eigenvalue weighted by Gasteiger charge is 2.41. The van der Waals surface area contributed by atoms with Gasteiger partial charge in [0.15, 0.2) is 11.5 Å². The first kappa shape index (κ1) is 12.2. The molecule has 1 aromatic carbocycles.